The predicted octanol–water partition coefficient (Wildman–Crippen LogP) is 4.19. The molecule has 6 heteroatoms. The first kappa shape index (κ1) is 22.7. The van der Waals surface area contributed by atoms with Gasteiger partial charge < -0.3 is 14.6 Å². The molecule has 1 heterocycles. The fourth-order valence-electron chi connectivity index (χ4n) is 3.85. The van der Waals surface area contributed by atoms with Gasteiger partial charge in [0.05, 0.1) is 0 Å². The van der Waals surface area contributed by atoms with E-state index in [0.29, 0.717) is 0 Å². The van der Waals surface area contributed by atoms with Gasteiger partial charge in [0.1, 0.15) is 11.6 Å². The summed E-state index contributed by atoms with van der Waals surface area (Å²) in [6.45, 7) is 8.51. The number of amides is 1. The smallest absolute Gasteiger partial charge is 0.349 e. The van der Waals surface area contributed by atoms with E-state index < -0.39 is 12.1 Å². The predicted molar refractivity (Wildman–Crippen MR) is 113 cm³/mol. The highest BCUT2D eigenvalue weighted by molar-refractivity contribution is 5.99. The number of esters is 1. The summed E-state index contributed by atoms with van der Waals surface area (Å²) in [5.41, 5.74) is 2.80. The van der Waals surface area contributed by atoms with E-state index >= 15 is 0 Å². The summed E-state index contributed by atoms with van der Waals surface area (Å²) >= 11 is 0. The van der Waals surface area contributed by atoms with Gasteiger partial charge in [-0.25, -0.2) is 4.79 Å². The van der Waals surface area contributed by atoms with E-state index in [0.717, 1.165) is 55.6 Å². The fraction of sp³-hybridized carbons (Fsp3) is 0.609. The number of rotatable bonds is 7. The standard InChI is InChI=1S/C23H33N3O3/c1-5-12-26-16(2)13-19(17(26)3)14-20(15-24)23(28)29-18(4)22(27)25-21-10-8-6-7-9-11-21/h13-14,18,21H,5-12H2,1-4H3,(H,25,27)/b20-14+/t18-/m0/s1. The highest BCUT2D eigenvalue weighted by Crippen LogP contribution is 2.20. The van der Waals surface area contributed by atoms with Gasteiger partial charge in [0.25, 0.3) is 5.91 Å². The molecule has 0 radical (unpaired) electrons. The summed E-state index contributed by atoms with van der Waals surface area (Å²) in [6.07, 6.45) is 8.15. The highest BCUT2D eigenvalue weighted by Gasteiger charge is 2.23. The number of carbonyl (C=O) groups excluding carboxylic acids is 2. The number of nitriles is 1. The molecule has 0 bridgehead atoms. The Hall–Kier alpha value is -2.55. The first-order chi connectivity index (χ1) is 13.9. The number of hydrogen-bond donors (Lipinski definition) is 1. The Kier molecular flexibility index (Phi) is 8.50. The Morgan fingerprint density at radius 3 is 2.55 bits per heavy atom. The molecule has 1 saturated carbocycles. The maximum Gasteiger partial charge on any atom is 0.349 e. The Balaban J connectivity index is 2.03. The number of nitrogens with one attached hydrogen (secondary N) is 1. The lowest BCUT2D eigenvalue weighted by molar-refractivity contribution is -0.151. The van der Waals surface area contributed by atoms with Crippen molar-refractivity contribution in [2.75, 3.05) is 0 Å². The van der Waals surface area contributed by atoms with E-state index in [9.17, 15) is 14.9 Å². The third kappa shape index (κ3) is 6.22. The van der Waals surface area contributed by atoms with E-state index in [-0.39, 0.29) is 17.5 Å². The minimum absolute atomic E-state index is 0.101. The van der Waals surface area contributed by atoms with E-state index in [1.807, 2.05) is 26.0 Å². The summed E-state index contributed by atoms with van der Waals surface area (Å²) in [6, 6.07) is 4.01. The normalized spacial score (nSPS) is 16.6. The molecule has 1 aromatic rings. The van der Waals surface area contributed by atoms with Crippen LogP contribution in [0.4, 0.5) is 0 Å². The summed E-state index contributed by atoms with van der Waals surface area (Å²) in [5, 5.41) is 12.4. The van der Waals surface area contributed by atoms with E-state index in [1.54, 1.807) is 13.0 Å². The number of aromatic nitrogens is 1. The van der Waals surface area contributed by atoms with Gasteiger partial charge >= 0.3 is 5.97 Å². The second-order valence-electron chi connectivity index (χ2n) is 7.89. The average Bonchev–Trinajstić information content (AvgIpc) is 2.86. The zero-order valence-corrected chi connectivity index (χ0v) is 18.1. The van der Waals surface area contributed by atoms with Crippen molar-refractivity contribution in [3.63, 3.8) is 0 Å². The first-order valence-corrected chi connectivity index (χ1v) is 10.7. The van der Waals surface area contributed by atoms with Crippen LogP contribution in [0.15, 0.2) is 11.6 Å². The lowest BCUT2D eigenvalue weighted by atomic mass is 10.1. The minimum Gasteiger partial charge on any atom is -0.448 e. The van der Waals surface area contributed by atoms with Crippen molar-refractivity contribution in [3.8, 4) is 6.07 Å². The van der Waals surface area contributed by atoms with Crippen LogP contribution in [-0.4, -0.2) is 28.6 Å². The Bertz CT molecular complexity index is 793. The Morgan fingerprint density at radius 2 is 1.97 bits per heavy atom. The van der Waals surface area contributed by atoms with Crippen molar-refractivity contribution in [1.82, 2.24) is 9.88 Å². The van der Waals surface area contributed by atoms with Crippen molar-refractivity contribution in [3.05, 3.63) is 28.6 Å². The van der Waals surface area contributed by atoms with Gasteiger partial charge in [0.15, 0.2) is 6.10 Å². The Morgan fingerprint density at radius 1 is 1.31 bits per heavy atom. The number of carbonyl (C=O) groups is 2. The molecular weight excluding hydrogens is 366 g/mol. The van der Waals surface area contributed by atoms with Crippen LogP contribution in [0.25, 0.3) is 6.08 Å². The van der Waals surface area contributed by atoms with E-state index in [4.69, 9.17) is 4.74 Å². The zero-order chi connectivity index (χ0) is 21.4. The lowest BCUT2D eigenvalue weighted by Crippen LogP contribution is -2.42. The monoisotopic (exact) mass is 399 g/mol. The fourth-order valence-corrected chi connectivity index (χ4v) is 3.85. The molecule has 0 saturated heterocycles. The third-order valence-corrected chi connectivity index (χ3v) is 5.55. The molecule has 0 unspecified atom stereocenters. The van der Waals surface area contributed by atoms with Crippen LogP contribution in [-0.2, 0) is 20.9 Å². The molecule has 0 spiro atoms. The van der Waals surface area contributed by atoms with Gasteiger partial charge in [-0.05, 0) is 57.7 Å². The molecule has 1 aliphatic carbocycles. The molecule has 1 aliphatic rings. The molecule has 0 aromatic carbocycles. The molecule has 1 N–H and O–H groups in total. The van der Waals surface area contributed by atoms with Crippen LogP contribution in [0, 0.1) is 25.2 Å². The minimum atomic E-state index is -0.935. The summed E-state index contributed by atoms with van der Waals surface area (Å²) < 4.78 is 7.45. The van der Waals surface area contributed by atoms with Gasteiger partial charge in [0, 0.05) is 24.0 Å². The molecule has 1 fully saturated rings. The van der Waals surface area contributed by atoms with Crippen LogP contribution in [0.3, 0.4) is 0 Å². The van der Waals surface area contributed by atoms with Crippen LogP contribution in [0.1, 0.15) is 75.7 Å². The second kappa shape index (κ2) is 10.8. The molecule has 1 aromatic heterocycles. The number of aryl methyl sites for hydroxylation is 1. The average molecular weight is 400 g/mol. The van der Waals surface area contributed by atoms with Crippen LogP contribution < -0.4 is 5.32 Å². The van der Waals surface area contributed by atoms with Crippen molar-refractivity contribution >= 4 is 18.0 Å². The van der Waals surface area contributed by atoms with Gasteiger partial charge in [-0.15, -0.1) is 0 Å². The summed E-state index contributed by atoms with van der Waals surface area (Å²) in [5.74, 6) is -1.07. The van der Waals surface area contributed by atoms with Crippen molar-refractivity contribution in [2.45, 2.75) is 91.3 Å². The van der Waals surface area contributed by atoms with Crippen molar-refractivity contribution in [2.24, 2.45) is 0 Å². The third-order valence-electron chi connectivity index (χ3n) is 5.55. The van der Waals surface area contributed by atoms with Crippen molar-refractivity contribution < 1.29 is 14.3 Å². The molecule has 158 valence electrons. The van der Waals surface area contributed by atoms with Gasteiger partial charge in [0.2, 0.25) is 0 Å². The van der Waals surface area contributed by atoms with Gasteiger partial charge in [-0.2, -0.15) is 5.26 Å². The highest BCUT2D eigenvalue weighted by atomic mass is 16.5. The van der Waals surface area contributed by atoms with Crippen molar-refractivity contribution in [1.29, 1.82) is 5.26 Å². The first-order valence-electron chi connectivity index (χ1n) is 10.7. The largest absolute Gasteiger partial charge is 0.448 e. The van der Waals surface area contributed by atoms with Gasteiger partial charge in [-0.3, -0.25) is 4.79 Å². The number of ether oxygens (including phenoxy) is 1. The molecule has 29 heavy (non-hydrogen) atoms. The molecule has 2 rings (SSSR count). The van der Waals surface area contributed by atoms with E-state index in [1.165, 1.54) is 12.8 Å². The second-order valence-corrected chi connectivity index (χ2v) is 7.89. The summed E-state index contributed by atoms with van der Waals surface area (Å²) in [7, 11) is 0. The SMILES string of the molecule is CCCn1c(C)cc(/C=C(\C#N)C(=O)O[C@@H](C)C(=O)NC2CCCCCC2)c1C. The molecule has 1 atom stereocenters. The zero-order valence-electron chi connectivity index (χ0n) is 18.1. The topological polar surface area (TPSA) is 84.1 Å². The maximum absolute atomic E-state index is 12.5. The molecular formula is C23H33N3O3. The molecule has 0 aliphatic heterocycles. The molecule has 1 amide bonds. The quantitative estimate of drug-likeness (QED) is 0.322. The Labute approximate surface area is 173 Å². The van der Waals surface area contributed by atoms with Crippen LogP contribution in [0.5, 0.6) is 0 Å². The lowest BCUT2D eigenvalue weighted by Gasteiger charge is -2.19. The van der Waals surface area contributed by atoms with Crippen LogP contribution >= 0.6 is 0 Å². The number of hydrogen-bond acceptors (Lipinski definition) is 4. The molecule has 6 nitrogen and oxygen atoms in total. The van der Waals surface area contributed by atoms with E-state index in [2.05, 4.69) is 16.8 Å². The summed E-state index contributed by atoms with van der Waals surface area (Å²) in [4.78, 5) is 24.9. The number of nitrogens with zero attached hydrogens (tertiary/aromatic N) is 2. The maximum atomic E-state index is 12.5. The van der Waals surface area contributed by atoms with Crippen LogP contribution in [0.2, 0.25) is 0 Å². The van der Waals surface area contributed by atoms with Gasteiger partial charge in [-0.1, -0.05) is 32.6 Å².